The van der Waals surface area contributed by atoms with Crippen molar-refractivity contribution in [2.24, 2.45) is 0 Å². The number of piperidine rings is 1. The molecular weight excluding hydrogens is 294 g/mol. The summed E-state index contributed by atoms with van der Waals surface area (Å²) in [6.07, 6.45) is 4.29. The molecule has 2 aromatic rings. The predicted octanol–water partition coefficient (Wildman–Crippen LogP) is 3.61. The van der Waals surface area contributed by atoms with Crippen molar-refractivity contribution in [3.8, 4) is 0 Å². The number of carbonyl (C=O) groups is 1. The fraction of sp³-hybridized carbons (Fsp3) is 0.412. The van der Waals surface area contributed by atoms with Crippen LogP contribution in [0.3, 0.4) is 0 Å². The topological polar surface area (TPSA) is 45.2 Å². The Balaban J connectivity index is 1.70. The molecule has 1 aromatic heterocycles. The Hall–Kier alpha value is -1.88. The van der Waals surface area contributed by atoms with Gasteiger partial charge in [0.2, 0.25) is 5.91 Å². The standard InChI is InChI=1S/C17H19N3OS/c21-14-11-13(12-7-3-1-4-8-12)15-16(18-14)19-17(22-15)20-9-5-2-6-10-20/h1,3-4,7-8,13H,2,5-6,9-11H2,(H,18,21)/t13-/m0/s1. The molecular formula is C17H19N3OS. The van der Waals surface area contributed by atoms with Crippen LogP contribution in [0, 0.1) is 0 Å². The highest BCUT2D eigenvalue weighted by atomic mass is 32.1. The van der Waals surface area contributed by atoms with Gasteiger partial charge in [0, 0.05) is 25.4 Å². The summed E-state index contributed by atoms with van der Waals surface area (Å²) in [7, 11) is 0. The molecule has 5 heteroatoms. The second-order valence-corrected chi connectivity index (χ2v) is 6.98. The number of carbonyl (C=O) groups excluding carboxylic acids is 1. The number of nitrogens with zero attached hydrogens (tertiary/aromatic N) is 2. The summed E-state index contributed by atoms with van der Waals surface area (Å²) < 4.78 is 0. The number of hydrogen-bond acceptors (Lipinski definition) is 4. The van der Waals surface area contributed by atoms with Crippen molar-refractivity contribution in [2.75, 3.05) is 23.3 Å². The zero-order valence-electron chi connectivity index (χ0n) is 12.4. The van der Waals surface area contributed by atoms with E-state index < -0.39 is 0 Å². The maximum absolute atomic E-state index is 12.0. The highest BCUT2D eigenvalue weighted by Gasteiger charge is 2.31. The van der Waals surface area contributed by atoms with E-state index in [0.29, 0.717) is 6.42 Å². The molecule has 114 valence electrons. The molecule has 2 aliphatic heterocycles. The third kappa shape index (κ3) is 2.50. The van der Waals surface area contributed by atoms with Crippen molar-refractivity contribution in [2.45, 2.75) is 31.6 Å². The zero-order chi connectivity index (χ0) is 14.9. The predicted molar refractivity (Wildman–Crippen MR) is 89.7 cm³/mol. The van der Waals surface area contributed by atoms with Gasteiger partial charge in [-0.15, -0.1) is 0 Å². The quantitative estimate of drug-likeness (QED) is 0.921. The molecule has 0 spiro atoms. The lowest BCUT2D eigenvalue weighted by atomic mass is 9.92. The second-order valence-electron chi connectivity index (χ2n) is 5.97. The molecule has 0 saturated carbocycles. The lowest BCUT2D eigenvalue weighted by molar-refractivity contribution is -0.116. The smallest absolute Gasteiger partial charge is 0.226 e. The first-order valence-electron chi connectivity index (χ1n) is 7.92. The number of rotatable bonds is 2. The molecule has 3 heterocycles. The summed E-state index contributed by atoms with van der Waals surface area (Å²) in [5.41, 5.74) is 1.20. The fourth-order valence-electron chi connectivity index (χ4n) is 3.28. The van der Waals surface area contributed by atoms with Gasteiger partial charge in [0.1, 0.15) is 5.82 Å². The van der Waals surface area contributed by atoms with Gasteiger partial charge in [0.05, 0.1) is 4.88 Å². The number of hydrogen-bond donors (Lipinski definition) is 1. The first kappa shape index (κ1) is 13.8. The van der Waals surface area contributed by atoms with Gasteiger partial charge in [0.25, 0.3) is 0 Å². The molecule has 0 bridgehead atoms. The van der Waals surface area contributed by atoms with Crippen LogP contribution in [-0.2, 0) is 4.79 Å². The van der Waals surface area contributed by atoms with Gasteiger partial charge in [0.15, 0.2) is 5.13 Å². The van der Waals surface area contributed by atoms with Crippen LogP contribution in [0.1, 0.15) is 42.0 Å². The maximum atomic E-state index is 12.0. The van der Waals surface area contributed by atoms with Crippen molar-refractivity contribution in [1.29, 1.82) is 0 Å². The Morgan fingerprint density at radius 1 is 1.14 bits per heavy atom. The van der Waals surface area contributed by atoms with Gasteiger partial charge < -0.3 is 10.2 Å². The van der Waals surface area contributed by atoms with Crippen LogP contribution in [0.15, 0.2) is 30.3 Å². The van der Waals surface area contributed by atoms with Crippen LogP contribution in [0.4, 0.5) is 10.9 Å². The first-order chi connectivity index (χ1) is 10.8. The highest BCUT2D eigenvalue weighted by molar-refractivity contribution is 7.16. The molecule has 0 aliphatic carbocycles. The fourth-order valence-corrected chi connectivity index (χ4v) is 4.48. The van der Waals surface area contributed by atoms with Crippen molar-refractivity contribution >= 4 is 28.2 Å². The Labute approximate surface area is 134 Å². The lowest BCUT2D eigenvalue weighted by Crippen LogP contribution is -2.29. The van der Waals surface area contributed by atoms with Crippen LogP contribution < -0.4 is 10.2 Å². The monoisotopic (exact) mass is 313 g/mol. The second kappa shape index (κ2) is 5.72. The van der Waals surface area contributed by atoms with Crippen molar-refractivity contribution in [1.82, 2.24) is 4.98 Å². The lowest BCUT2D eigenvalue weighted by Gasteiger charge is -2.25. The Bertz CT molecular complexity index is 676. The van der Waals surface area contributed by atoms with Crippen molar-refractivity contribution < 1.29 is 4.79 Å². The van der Waals surface area contributed by atoms with Gasteiger partial charge in [-0.3, -0.25) is 4.79 Å². The summed E-state index contributed by atoms with van der Waals surface area (Å²) in [6.45, 7) is 2.16. The number of fused-ring (bicyclic) bond motifs is 1. The summed E-state index contributed by atoms with van der Waals surface area (Å²) in [4.78, 5) is 20.3. The largest absolute Gasteiger partial charge is 0.348 e. The van der Waals surface area contributed by atoms with E-state index in [2.05, 4.69) is 22.3 Å². The van der Waals surface area contributed by atoms with E-state index in [-0.39, 0.29) is 11.8 Å². The van der Waals surface area contributed by atoms with E-state index in [1.54, 1.807) is 11.3 Å². The molecule has 0 radical (unpaired) electrons. The molecule has 4 nitrogen and oxygen atoms in total. The number of thiazole rings is 1. The molecule has 1 aromatic carbocycles. The maximum Gasteiger partial charge on any atom is 0.226 e. The third-order valence-electron chi connectivity index (χ3n) is 4.43. The molecule has 1 saturated heterocycles. The number of amides is 1. The minimum atomic E-state index is 0.0665. The van der Waals surface area contributed by atoms with Gasteiger partial charge in [-0.05, 0) is 24.8 Å². The summed E-state index contributed by atoms with van der Waals surface area (Å²) in [6, 6.07) is 10.3. The average Bonchev–Trinajstić information content (AvgIpc) is 2.99. The normalized spacial score (nSPS) is 21.4. The van der Waals surface area contributed by atoms with E-state index in [9.17, 15) is 4.79 Å². The zero-order valence-corrected chi connectivity index (χ0v) is 13.2. The van der Waals surface area contributed by atoms with Crippen LogP contribution in [-0.4, -0.2) is 24.0 Å². The van der Waals surface area contributed by atoms with Crippen LogP contribution in [0.5, 0.6) is 0 Å². The van der Waals surface area contributed by atoms with E-state index in [4.69, 9.17) is 4.98 Å². The van der Waals surface area contributed by atoms with Crippen LogP contribution in [0.25, 0.3) is 0 Å². The number of aromatic nitrogens is 1. The molecule has 22 heavy (non-hydrogen) atoms. The van der Waals surface area contributed by atoms with Gasteiger partial charge in [-0.2, -0.15) is 0 Å². The summed E-state index contributed by atoms with van der Waals surface area (Å²) in [5.74, 6) is 0.980. The molecule has 4 rings (SSSR count). The van der Waals surface area contributed by atoms with Crippen molar-refractivity contribution in [3.05, 3.63) is 40.8 Å². The number of anilines is 2. The molecule has 1 fully saturated rings. The summed E-state index contributed by atoms with van der Waals surface area (Å²) >= 11 is 1.75. The van der Waals surface area contributed by atoms with E-state index in [0.717, 1.165) is 24.0 Å². The highest BCUT2D eigenvalue weighted by Crippen LogP contribution is 2.43. The molecule has 0 unspecified atom stereocenters. The average molecular weight is 313 g/mol. The molecule has 1 N–H and O–H groups in total. The van der Waals surface area contributed by atoms with Gasteiger partial charge in [-0.25, -0.2) is 4.98 Å². The Kier molecular flexibility index (Phi) is 3.58. The number of benzene rings is 1. The molecule has 1 atom stereocenters. The SMILES string of the molecule is O=C1C[C@@H](c2ccccc2)c2sc(N3CCCCC3)nc2N1. The minimum Gasteiger partial charge on any atom is -0.348 e. The Morgan fingerprint density at radius 3 is 2.68 bits per heavy atom. The van der Waals surface area contributed by atoms with E-state index in [1.807, 2.05) is 18.2 Å². The summed E-state index contributed by atoms with van der Waals surface area (Å²) in [5, 5.41) is 4.02. The number of nitrogens with one attached hydrogen (secondary N) is 1. The van der Waals surface area contributed by atoms with Gasteiger partial charge >= 0.3 is 0 Å². The minimum absolute atomic E-state index is 0.0665. The van der Waals surface area contributed by atoms with Gasteiger partial charge in [-0.1, -0.05) is 41.7 Å². The van der Waals surface area contributed by atoms with E-state index >= 15 is 0 Å². The van der Waals surface area contributed by atoms with Crippen LogP contribution >= 0.6 is 11.3 Å². The molecule has 1 amide bonds. The molecule has 2 aliphatic rings. The van der Waals surface area contributed by atoms with Crippen LogP contribution in [0.2, 0.25) is 0 Å². The Morgan fingerprint density at radius 2 is 1.91 bits per heavy atom. The third-order valence-corrected chi connectivity index (χ3v) is 5.66. The van der Waals surface area contributed by atoms with E-state index in [1.165, 1.54) is 29.7 Å². The van der Waals surface area contributed by atoms with Crippen molar-refractivity contribution in [3.63, 3.8) is 0 Å². The first-order valence-corrected chi connectivity index (χ1v) is 8.73.